The van der Waals surface area contributed by atoms with Crippen LogP contribution in [0.4, 0.5) is 0 Å². The van der Waals surface area contributed by atoms with Gasteiger partial charge in [0.2, 0.25) is 0 Å². The number of halogens is 1. The molecule has 3 rings (SSSR count). The lowest BCUT2D eigenvalue weighted by Crippen LogP contribution is -2.45. The maximum Gasteiger partial charge on any atom is 0.331 e. The van der Waals surface area contributed by atoms with Crippen LogP contribution in [0.5, 0.6) is 0 Å². The van der Waals surface area contributed by atoms with Crippen LogP contribution in [0.2, 0.25) is 5.02 Å². The van der Waals surface area contributed by atoms with Gasteiger partial charge in [0.1, 0.15) is 5.69 Å². The first-order valence-corrected chi connectivity index (χ1v) is 9.85. The molecule has 0 aliphatic carbocycles. The van der Waals surface area contributed by atoms with Gasteiger partial charge in [-0.3, -0.25) is 9.48 Å². The van der Waals surface area contributed by atoms with Crippen LogP contribution < -0.4 is 5.32 Å². The minimum atomic E-state index is -1.16. The molecule has 1 aromatic heterocycles. The van der Waals surface area contributed by atoms with E-state index in [2.05, 4.69) is 10.4 Å². The van der Waals surface area contributed by atoms with Crippen molar-refractivity contribution >= 4 is 23.5 Å². The Labute approximate surface area is 179 Å². The SMILES string of the molecule is CCOC(=O)[C@@H](CO)NC(=O)c1cc(-c2ccc(Cl)cc2)nn1Cc1ccccc1. The average molecular weight is 428 g/mol. The molecule has 2 aromatic carbocycles. The highest BCUT2D eigenvalue weighted by Gasteiger charge is 2.24. The number of ether oxygens (including phenoxy) is 1. The second-order valence-electron chi connectivity index (χ2n) is 6.53. The number of amides is 1. The molecule has 0 fully saturated rings. The summed E-state index contributed by atoms with van der Waals surface area (Å²) in [6, 6.07) is 17.2. The number of aliphatic hydroxyl groups excluding tert-OH is 1. The van der Waals surface area contributed by atoms with E-state index < -0.39 is 24.5 Å². The standard InChI is InChI=1S/C22H22ClN3O4/c1-2-30-22(29)19(14-27)24-21(28)20-12-18(16-8-10-17(23)11-9-16)25-26(20)13-15-6-4-3-5-7-15/h3-12,19,27H,2,13-14H2,1H3,(H,24,28)/t19-/m1/s1. The summed E-state index contributed by atoms with van der Waals surface area (Å²) in [5.74, 6) is -1.23. The van der Waals surface area contributed by atoms with E-state index in [4.69, 9.17) is 16.3 Å². The second-order valence-corrected chi connectivity index (χ2v) is 6.96. The lowest BCUT2D eigenvalue weighted by molar-refractivity contribution is -0.146. The lowest BCUT2D eigenvalue weighted by Gasteiger charge is -2.15. The molecule has 0 spiro atoms. The fourth-order valence-corrected chi connectivity index (χ4v) is 3.02. The number of carbonyl (C=O) groups is 2. The van der Waals surface area contributed by atoms with E-state index in [-0.39, 0.29) is 12.3 Å². The van der Waals surface area contributed by atoms with Gasteiger partial charge < -0.3 is 15.2 Å². The number of aromatic nitrogens is 2. The van der Waals surface area contributed by atoms with Gasteiger partial charge in [0.05, 0.1) is 25.5 Å². The predicted octanol–water partition coefficient (Wildman–Crippen LogP) is 2.91. The van der Waals surface area contributed by atoms with Gasteiger partial charge in [-0.05, 0) is 30.7 Å². The molecule has 8 heteroatoms. The maximum atomic E-state index is 12.9. The smallest absolute Gasteiger partial charge is 0.331 e. The molecule has 156 valence electrons. The molecule has 2 N–H and O–H groups in total. The first-order chi connectivity index (χ1) is 14.5. The van der Waals surface area contributed by atoms with Gasteiger partial charge in [-0.15, -0.1) is 0 Å². The second kappa shape index (κ2) is 10.0. The molecule has 7 nitrogen and oxygen atoms in total. The highest BCUT2D eigenvalue weighted by Crippen LogP contribution is 2.22. The monoisotopic (exact) mass is 427 g/mol. The number of hydrogen-bond acceptors (Lipinski definition) is 5. The third kappa shape index (κ3) is 5.25. The fourth-order valence-electron chi connectivity index (χ4n) is 2.89. The van der Waals surface area contributed by atoms with E-state index >= 15 is 0 Å². The summed E-state index contributed by atoms with van der Waals surface area (Å²) in [5.41, 5.74) is 2.60. The summed E-state index contributed by atoms with van der Waals surface area (Å²) < 4.78 is 6.46. The van der Waals surface area contributed by atoms with Gasteiger partial charge in [0.25, 0.3) is 5.91 Å². The van der Waals surface area contributed by atoms with Crippen molar-refractivity contribution in [3.8, 4) is 11.3 Å². The Morgan fingerprint density at radius 2 is 1.87 bits per heavy atom. The molecule has 1 heterocycles. The molecule has 0 saturated carbocycles. The van der Waals surface area contributed by atoms with Crippen LogP contribution in [0.25, 0.3) is 11.3 Å². The first kappa shape index (κ1) is 21.5. The molecular formula is C22H22ClN3O4. The highest BCUT2D eigenvalue weighted by atomic mass is 35.5. The number of hydrogen-bond donors (Lipinski definition) is 2. The van der Waals surface area contributed by atoms with E-state index in [1.165, 1.54) is 0 Å². The Kier molecular flexibility index (Phi) is 7.21. The van der Waals surface area contributed by atoms with Crippen molar-refractivity contribution < 1.29 is 19.4 Å². The molecule has 1 amide bonds. The Bertz CT molecular complexity index is 1000. The van der Waals surface area contributed by atoms with Crippen molar-refractivity contribution in [1.82, 2.24) is 15.1 Å². The van der Waals surface area contributed by atoms with Crippen LogP contribution in [-0.4, -0.2) is 46.0 Å². The van der Waals surface area contributed by atoms with E-state index in [0.29, 0.717) is 17.3 Å². The van der Waals surface area contributed by atoms with Crippen LogP contribution in [0, 0.1) is 0 Å². The Balaban J connectivity index is 1.92. The van der Waals surface area contributed by atoms with Gasteiger partial charge in [-0.2, -0.15) is 5.10 Å². The molecule has 1 atom stereocenters. The van der Waals surface area contributed by atoms with Crippen molar-refractivity contribution in [3.05, 3.63) is 76.9 Å². The van der Waals surface area contributed by atoms with Crippen molar-refractivity contribution in [3.63, 3.8) is 0 Å². The van der Waals surface area contributed by atoms with E-state index in [0.717, 1.165) is 11.1 Å². The molecule has 3 aromatic rings. The Morgan fingerprint density at radius 1 is 1.17 bits per heavy atom. The molecule has 0 aliphatic rings. The average Bonchev–Trinajstić information content (AvgIpc) is 3.17. The van der Waals surface area contributed by atoms with E-state index in [1.54, 1.807) is 29.8 Å². The summed E-state index contributed by atoms with van der Waals surface area (Å²) in [4.78, 5) is 24.9. The van der Waals surface area contributed by atoms with Crippen molar-refractivity contribution in [2.75, 3.05) is 13.2 Å². The van der Waals surface area contributed by atoms with Gasteiger partial charge in [0, 0.05) is 10.6 Å². The molecule has 0 saturated heterocycles. The van der Waals surface area contributed by atoms with E-state index in [9.17, 15) is 14.7 Å². The molecule has 0 bridgehead atoms. The number of nitrogens with zero attached hydrogens (tertiary/aromatic N) is 2. The van der Waals surface area contributed by atoms with Gasteiger partial charge in [0.15, 0.2) is 6.04 Å². The zero-order chi connectivity index (χ0) is 21.5. The third-order valence-electron chi connectivity index (χ3n) is 4.39. The van der Waals surface area contributed by atoms with E-state index in [1.807, 2.05) is 42.5 Å². The van der Waals surface area contributed by atoms with Crippen LogP contribution >= 0.6 is 11.6 Å². The highest BCUT2D eigenvalue weighted by molar-refractivity contribution is 6.30. The summed E-state index contributed by atoms with van der Waals surface area (Å²) in [7, 11) is 0. The number of esters is 1. The summed E-state index contributed by atoms with van der Waals surface area (Å²) in [6.07, 6.45) is 0. The zero-order valence-electron chi connectivity index (χ0n) is 16.4. The number of nitrogens with one attached hydrogen (secondary N) is 1. The van der Waals surface area contributed by atoms with Gasteiger partial charge in [-0.25, -0.2) is 4.79 Å². The Hall–Kier alpha value is -3.16. The topological polar surface area (TPSA) is 93.4 Å². The number of benzene rings is 2. The summed E-state index contributed by atoms with van der Waals surface area (Å²) in [5, 5.41) is 17.2. The Morgan fingerprint density at radius 3 is 2.50 bits per heavy atom. The predicted molar refractivity (Wildman–Crippen MR) is 113 cm³/mol. The normalized spacial score (nSPS) is 11.7. The van der Waals surface area contributed by atoms with Crippen LogP contribution in [0.15, 0.2) is 60.7 Å². The first-order valence-electron chi connectivity index (χ1n) is 9.48. The van der Waals surface area contributed by atoms with Crippen molar-refractivity contribution in [2.24, 2.45) is 0 Å². The lowest BCUT2D eigenvalue weighted by atomic mass is 10.1. The molecule has 0 unspecified atom stereocenters. The summed E-state index contributed by atoms with van der Waals surface area (Å²) in [6.45, 7) is 1.60. The largest absolute Gasteiger partial charge is 0.464 e. The molecule has 0 aliphatic heterocycles. The minimum absolute atomic E-state index is 0.151. The summed E-state index contributed by atoms with van der Waals surface area (Å²) >= 11 is 5.96. The third-order valence-corrected chi connectivity index (χ3v) is 4.64. The van der Waals surface area contributed by atoms with Crippen molar-refractivity contribution in [1.29, 1.82) is 0 Å². The van der Waals surface area contributed by atoms with Crippen LogP contribution in [-0.2, 0) is 16.1 Å². The van der Waals surface area contributed by atoms with Gasteiger partial charge >= 0.3 is 5.97 Å². The number of carbonyl (C=O) groups excluding carboxylic acids is 2. The molecule has 0 radical (unpaired) electrons. The number of aliphatic hydroxyl groups is 1. The minimum Gasteiger partial charge on any atom is -0.464 e. The molecular weight excluding hydrogens is 406 g/mol. The number of rotatable bonds is 8. The quantitative estimate of drug-likeness (QED) is 0.539. The van der Waals surface area contributed by atoms with Crippen LogP contribution in [0.1, 0.15) is 23.0 Å². The zero-order valence-corrected chi connectivity index (χ0v) is 17.2. The molecule has 30 heavy (non-hydrogen) atoms. The van der Waals surface area contributed by atoms with Gasteiger partial charge in [-0.1, -0.05) is 54.1 Å². The fraction of sp³-hybridized carbons (Fsp3) is 0.227. The van der Waals surface area contributed by atoms with Crippen LogP contribution in [0.3, 0.4) is 0 Å². The maximum absolute atomic E-state index is 12.9. The van der Waals surface area contributed by atoms with Crippen molar-refractivity contribution in [2.45, 2.75) is 19.5 Å².